The molecule has 0 aromatic heterocycles. The summed E-state index contributed by atoms with van der Waals surface area (Å²) in [5.41, 5.74) is 13.8. The number of nitro groups is 1. The summed E-state index contributed by atoms with van der Waals surface area (Å²) in [7, 11) is 0. The van der Waals surface area contributed by atoms with E-state index in [1.165, 1.54) is 6.07 Å². The molecule has 0 aliphatic rings. The van der Waals surface area contributed by atoms with E-state index in [2.05, 4.69) is 21.3 Å². The fourth-order valence-corrected chi connectivity index (χ4v) is 4.90. The Bertz CT molecular complexity index is 2120. The van der Waals surface area contributed by atoms with Gasteiger partial charge < -0.3 is 27.0 Å². The number of amides is 2. The predicted molar refractivity (Wildman–Crippen MR) is 202 cm³/mol. The van der Waals surface area contributed by atoms with Gasteiger partial charge in [-0.1, -0.05) is 72.8 Å². The maximum absolute atomic E-state index is 12.4. The molecule has 10 nitrogen and oxygen atoms in total. The van der Waals surface area contributed by atoms with Crippen LogP contribution in [0.4, 0.5) is 45.5 Å². The van der Waals surface area contributed by atoms with E-state index < -0.39 is 4.92 Å². The number of carbonyl (C=O) groups excluding carboxylic acids is 2. The Morgan fingerprint density at radius 2 is 0.960 bits per heavy atom. The van der Waals surface area contributed by atoms with Gasteiger partial charge in [-0.15, -0.1) is 0 Å². The maximum atomic E-state index is 12.4. The van der Waals surface area contributed by atoms with E-state index >= 15 is 0 Å². The van der Waals surface area contributed by atoms with Gasteiger partial charge in [0.05, 0.1) is 16.3 Å². The largest absolute Gasteiger partial charge is 0.397 e. The molecule has 0 bridgehead atoms. The van der Waals surface area contributed by atoms with Gasteiger partial charge in [-0.2, -0.15) is 0 Å². The minimum atomic E-state index is -0.436. The minimum Gasteiger partial charge on any atom is -0.397 e. The van der Waals surface area contributed by atoms with Gasteiger partial charge in [0.15, 0.2) is 0 Å². The quantitative estimate of drug-likeness (QED) is 0.0586. The summed E-state index contributed by atoms with van der Waals surface area (Å²) < 4.78 is 0. The molecular weight excluding hydrogens is 628 g/mol. The normalized spacial score (nSPS) is 10.2. The van der Waals surface area contributed by atoms with Crippen molar-refractivity contribution in [3.63, 3.8) is 0 Å². The van der Waals surface area contributed by atoms with Crippen LogP contribution in [0.3, 0.4) is 0 Å². The van der Waals surface area contributed by atoms with Crippen LogP contribution in [-0.4, -0.2) is 16.7 Å². The molecular formula is C40H36N6O4. The number of nitrogens with one attached hydrogen (secondary N) is 4. The van der Waals surface area contributed by atoms with E-state index in [0.717, 1.165) is 28.2 Å². The number of benzene rings is 6. The molecule has 6 N–H and O–H groups in total. The Balaban J connectivity index is 0.000000195. The van der Waals surface area contributed by atoms with Crippen molar-refractivity contribution in [1.82, 2.24) is 0 Å². The van der Waals surface area contributed by atoms with E-state index in [4.69, 9.17) is 5.73 Å². The number of anilines is 7. The van der Waals surface area contributed by atoms with Crippen LogP contribution in [0, 0.1) is 24.0 Å². The molecule has 50 heavy (non-hydrogen) atoms. The van der Waals surface area contributed by atoms with Gasteiger partial charge in [-0.3, -0.25) is 19.7 Å². The van der Waals surface area contributed by atoms with Gasteiger partial charge in [-0.05, 0) is 91.7 Å². The first-order chi connectivity index (χ1) is 24.2. The highest BCUT2D eigenvalue weighted by Gasteiger charge is 2.14. The fraction of sp³-hybridized carbons (Fsp3) is 0.0500. The molecule has 0 spiro atoms. The van der Waals surface area contributed by atoms with Gasteiger partial charge >= 0.3 is 0 Å². The van der Waals surface area contributed by atoms with Crippen LogP contribution in [0.15, 0.2) is 146 Å². The number of carbonyl (C=O) groups is 2. The van der Waals surface area contributed by atoms with Crippen molar-refractivity contribution < 1.29 is 14.5 Å². The Morgan fingerprint density at radius 3 is 1.44 bits per heavy atom. The lowest BCUT2D eigenvalue weighted by Crippen LogP contribution is -2.12. The smallest absolute Gasteiger partial charge is 0.292 e. The van der Waals surface area contributed by atoms with Gasteiger partial charge in [0.1, 0.15) is 5.69 Å². The molecule has 0 radical (unpaired) electrons. The van der Waals surface area contributed by atoms with E-state index in [-0.39, 0.29) is 17.5 Å². The average Bonchev–Trinajstić information content (AvgIpc) is 3.13. The Hall–Kier alpha value is -6.94. The second-order valence-electron chi connectivity index (χ2n) is 11.3. The van der Waals surface area contributed by atoms with Crippen molar-refractivity contribution >= 4 is 57.3 Å². The lowest BCUT2D eigenvalue weighted by Gasteiger charge is -2.13. The van der Waals surface area contributed by atoms with Crippen molar-refractivity contribution in [1.29, 1.82) is 0 Å². The molecule has 0 aliphatic heterocycles. The van der Waals surface area contributed by atoms with Crippen molar-refractivity contribution in [3.05, 3.63) is 178 Å². The van der Waals surface area contributed by atoms with E-state index in [1.807, 2.05) is 92.7 Å². The predicted octanol–water partition coefficient (Wildman–Crippen LogP) is 9.47. The summed E-state index contributed by atoms with van der Waals surface area (Å²) in [5.74, 6) is -0.341. The number of nitrogens with two attached hydrogens (primary N) is 1. The number of nitrogen functional groups attached to an aromatic ring is 1. The Kier molecular flexibility index (Phi) is 11.2. The van der Waals surface area contributed by atoms with Gasteiger partial charge in [-0.25, -0.2) is 0 Å². The Labute approximate surface area is 290 Å². The summed E-state index contributed by atoms with van der Waals surface area (Å²) in [6.45, 7) is 3.84. The number of aryl methyl sites for hydroxylation is 2. The molecule has 0 saturated heterocycles. The van der Waals surface area contributed by atoms with Crippen LogP contribution < -0.4 is 27.0 Å². The first-order valence-corrected chi connectivity index (χ1v) is 15.7. The number of para-hydroxylation sites is 4. The fourth-order valence-electron chi connectivity index (χ4n) is 4.90. The highest BCUT2D eigenvalue weighted by molar-refractivity contribution is 6.05. The zero-order valence-corrected chi connectivity index (χ0v) is 27.5. The topological polar surface area (TPSA) is 151 Å². The summed E-state index contributed by atoms with van der Waals surface area (Å²) in [6.07, 6.45) is 0. The molecule has 0 unspecified atom stereocenters. The van der Waals surface area contributed by atoms with Crippen molar-refractivity contribution in [2.24, 2.45) is 0 Å². The van der Waals surface area contributed by atoms with Crippen molar-refractivity contribution in [2.45, 2.75) is 13.8 Å². The lowest BCUT2D eigenvalue weighted by molar-refractivity contribution is -0.383. The lowest BCUT2D eigenvalue weighted by atomic mass is 10.1. The zero-order valence-electron chi connectivity index (χ0n) is 27.5. The molecule has 6 aromatic carbocycles. The van der Waals surface area contributed by atoms with E-state index in [1.54, 1.807) is 60.7 Å². The van der Waals surface area contributed by atoms with Crippen LogP contribution in [0.25, 0.3) is 0 Å². The summed E-state index contributed by atoms with van der Waals surface area (Å²) in [5, 5.41) is 23.3. The van der Waals surface area contributed by atoms with Crippen LogP contribution in [0.5, 0.6) is 0 Å². The van der Waals surface area contributed by atoms with Crippen LogP contribution in [0.2, 0.25) is 0 Å². The van der Waals surface area contributed by atoms with Gasteiger partial charge in [0.2, 0.25) is 0 Å². The number of rotatable bonds is 9. The highest BCUT2D eigenvalue weighted by Crippen LogP contribution is 2.30. The maximum Gasteiger partial charge on any atom is 0.292 e. The third-order valence-corrected chi connectivity index (χ3v) is 7.66. The summed E-state index contributed by atoms with van der Waals surface area (Å²) >= 11 is 0. The van der Waals surface area contributed by atoms with Crippen LogP contribution >= 0.6 is 0 Å². The van der Waals surface area contributed by atoms with Crippen LogP contribution in [-0.2, 0) is 0 Å². The molecule has 2 amide bonds. The SMILES string of the molecule is Cc1ccc(Nc2ccccc2N)cc1NC(=O)c1ccccc1.Cc1ccc(Nc2ccccc2[N+](=O)[O-])cc1NC(=O)c1ccccc1. The number of nitrogens with zero attached hydrogens (tertiary/aromatic N) is 1. The molecule has 10 heteroatoms. The molecule has 0 aliphatic carbocycles. The molecule has 0 saturated carbocycles. The summed E-state index contributed by atoms with van der Waals surface area (Å²) in [6, 6.07) is 43.3. The highest BCUT2D eigenvalue weighted by atomic mass is 16.6. The first kappa shape index (κ1) is 34.4. The number of hydrogen-bond acceptors (Lipinski definition) is 7. The first-order valence-electron chi connectivity index (χ1n) is 15.7. The van der Waals surface area contributed by atoms with Gasteiger partial charge in [0, 0.05) is 39.9 Å². The second-order valence-corrected chi connectivity index (χ2v) is 11.3. The summed E-state index contributed by atoms with van der Waals surface area (Å²) in [4.78, 5) is 35.4. The third-order valence-electron chi connectivity index (χ3n) is 7.66. The standard InChI is InChI=1S/C20H17N3O3.C20H19N3O/c1-14-11-12-16(21-17-9-5-6-10-19(17)23(25)26)13-18(14)22-20(24)15-7-3-2-4-8-15;1-14-11-12-16(22-18-10-6-5-9-17(18)21)13-19(14)23-20(24)15-7-3-2-4-8-15/h2-13,21H,1H3,(H,22,24);2-13,22H,21H2,1H3,(H,23,24). The number of hydrogen-bond donors (Lipinski definition) is 5. The average molecular weight is 665 g/mol. The van der Waals surface area contributed by atoms with E-state index in [0.29, 0.717) is 33.9 Å². The van der Waals surface area contributed by atoms with Crippen LogP contribution in [0.1, 0.15) is 31.8 Å². The monoisotopic (exact) mass is 664 g/mol. The Morgan fingerprint density at radius 1 is 0.540 bits per heavy atom. The molecule has 0 heterocycles. The zero-order chi connectivity index (χ0) is 35.5. The molecule has 6 rings (SSSR count). The number of nitro benzene ring substituents is 1. The molecule has 0 fully saturated rings. The third kappa shape index (κ3) is 9.11. The van der Waals surface area contributed by atoms with Gasteiger partial charge in [0.25, 0.3) is 17.5 Å². The second kappa shape index (κ2) is 16.2. The van der Waals surface area contributed by atoms with E-state index in [9.17, 15) is 19.7 Å². The molecule has 6 aromatic rings. The minimum absolute atomic E-state index is 0.0112. The van der Waals surface area contributed by atoms with Crippen molar-refractivity contribution in [3.8, 4) is 0 Å². The molecule has 0 atom stereocenters. The molecule has 250 valence electrons. The van der Waals surface area contributed by atoms with Crippen molar-refractivity contribution in [2.75, 3.05) is 27.0 Å².